The van der Waals surface area contributed by atoms with Crippen LogP contribution in [0.1, 0.15) is 37.8 Å². The number of carbonyl (C=O) groups excluding carboxylic acids is 2. The summed E-state index contributed by atoms with van der Waals surface area (Å²) in [4.78, 5) is 25.9. The number of carbonyl (C=O) groups is 2. The fourth-order valence-corrected chi connectivity index (χ4v) is 2.87. The third-order valence-corrected chi connectivity index (χ3v) is 4.22. The summed E-state index contributed by atoms with van der Waals surface area (Å²) in [5.41, 5.74) is 0.868. The van der Waals surface area contributed by atoms with E-state index in [4.69, 9.17) is 4.74 Å². The van der Waals surface area contributed by atoms with Crippen LogP contribution in [0.2, 0.25) is 0 Å². The van der Waals surface area contributed by atoms with Crippen LogP contribution in [0.5, 0.6) is 5.75 Å². The molecule has 6 nitrogen and oxygen atoms in total. The summed E-state index contributed by atoms with van der Waals surface area (Å²) in [6.45, 7) is 7.63. The summed E-state index contributed by atoms with van der Waals surface area (Å²) in [5.74, 6) is 0.642. The topological polar surface area (TPSA) is 70.7 Å². The Bertz CT molecular complexity index is 597. The van der Waals surface area contributed by atoms with Crippen molar-refractivity contribution < 1.29 is 14.3 Å². The van der Waals surface area contributed by atoms with Crippen LogP contribution >= 0.6 is 0 Å². The molecule has 6 heteroatoms. The fourth-order valence-electron chi connectivity index (χ4n) is 2.87. The van der Waals surface area contributed by atoms with Gasteiger partial charge >= 0.3 is 6.03 Å². The predicted molar refractivity (Wildman–Crippen MR) is 97.5 cm³/mol. The molecule has 1 aromatic rings. The van der Waals surface area contributed by atoms with E-state index in [2.05, 4.69) is 17.2 Å². The summed E-state index contributed by atoms with van der Waals surface area (Å²) >= 11 is 0. The van der Waals surface area contributed by atoms with Crippen molar-refractivity contribution in [1.82, 2.24) is 15.5 Å². The van der Waals surface area contributed by atoms with Crippen molar-refractivity contribution in [3.8, 4) is 5.75 Å². The highest BCUT2D eigenvalue weighted by Crippen LogP contribution is 2.27. The highest BCUT2D eigenvalue weighted by molar-refractivity contribution is 5.78. The standard InChI is InChI=1S/C19H27N3O3/c1-3-11-20-19(24)21-16(4-2)15-9-5-6-10-17(15)25-14-18(23)22-12-7-8-13-22/h3,5-6,9-10,16H,1,4,7-8,11-14H2,2H3,(H2,20,21,24)/t16-/m0/s1. The van der Waals surface area contributed by atoms with E-state index in [1.807, 2.05) is 36.1 Å². The molecule has 25 heavy (non-hydrogen) atoms. The van der Waals surface area contributed by atoms with Crippen molar-refractivity contribution in [3.05, 3.63) is 42.5 Å². The van der Waals surface area contributed by atoms with Gasteiger partial charge in [0.1, 0.15) is 5.75 Å². The van der Waals surface area contributed by atoms with Crippen molar-refractivity contribution in [3.63, 3.8) is 0 Å². The fraction of sp³-hybridized carbons (Fsp3) is 0.474. The second-order valence-electron chi connectivity index (χ2n) is 6.02. The Kier molecular flexibility index (Phi) is 7.32. The van der Waals surface area contributed by atoms with Gasteiger partial charge in [0.25, 0.3) is 5.91 Å². The van der Waals surface area contributed by atoms with Crippen LogP contribution in [0.3, 0.4) is 0 Å². The summed E-state index contributed by atoms with van der Waals surface area (Å²) in [7, 11) is 0. The van der Waals surface area contributed by atoms with Crippen LogP contribution in [0.25, 0.3) is 0 Å². The number of hydrogen-bond acceptors (Lipinski definition) is 3. The average Bonchev–Trinajstić information content (AvgIpc) is 3.17. The van der Waals surface area contributed by atoms with Gasteiger partial charge in [-0.1, -0.05) is 31.2 Å². The summed E-state index contributed by atoms with van der Waals surface area (Å²) in [6.07, 6.45) is 4.46. The quantitative estimate of drug-likeness (QED) is 0.712. The normalized spacial score (nSPS) is 14.7. The molecule has 3 amide bonds. The molecule has 136 valence electrons. The summed E-state index contributed by atoms with van der Waals surface area (Å²) < 4.78 is 5.78. The summed E-state index contributed by atoms with van der Waals surface area (Å²) in [5, 5.41) is 5.63. The third-order valence-electron chi connectivity index (χ3n) is 4.22. The molecule has 2 N–H and O–H groups in total. The highest BCUT2D eigenvalue weighted by Gasteiger charge is 2.20. The lowest BCUT2D eigenvalue weighted by Gasteiger charge is -2.21. The minimum Gasteiger partial charge on any atom is -0.483 e. The van der Waals surface area contributed by atoms with Crippen molar-refractivity contribution in [1.29, 1.82) is 0 Å². The first-order valence-corrected chi connectivity index (χ1v) is 8.80. The number of hydrogen-bond donors (Lipinski definition) is 2. The zero-order valence-corrected chi connectivity index (χ0v) is 14.8. The van der Waals surface area contributed by atoms with Gasteiger partial charge in [-0.25, -0.2) is 4.79 Å². The number of urea groups is 1. The molecule has 0 aliphatic carbocycles. The van der Waals surface area contributed by atoms with Crippen LogP contribution in [-0.2, 0) is 4.79 Å². The smallest absolute Gasteiger partial charge is 0.315 e. The van der Waals surface area contributed by atoms with E-state index in [-0.39, 0.29) is 24.6 Å². The molecule has 0 saturated carbocycles. The van der Waals surface area contributed by atoms with Crippen LogP contribution in [-0.4, -0.2) is 43.1 Å². The first-order chi connectivity index (χ1) is 12.2. The largest absolute Gasteiger partial charge is 0.483 e. The molecule has 0 bridgehead atoms. The van der Waals surface area contributed by atoms with Gasteiger partial charge in [-0.05, 0) is 25.3 Å². The first kappa shape index (κ1) is 18.8. The predicted octanol–water partition coefficient (Wildman–Crippen LogP) is 2.62. The van der Waals surface area contributed by atoms with E-state index in [0.717, 1.165) is 31.5 Å². The van der Waals surface area contributed by atoms with Gasteiger partial charge in [-0.15, -0.1) is 6.58 Å². The van der Waals surface area contributed by atoms with Crippen LogP contribution < -0.4 is 15.4 Å². The zero-order valence-electron chi connectivity index (χ0n) is 14.8. The molecule has 1 aliphatic rings. The minimum atomic E-state index is -0.255. The summed E-state index contributed by atoms with van der Waals surface area (Å²) in [6, 6.07) is 7.06. The molecule has 1 heterocycles. The number of benzene rings is 1. The second kappa shape index (κ2) is 9.71. The Balaban J connectivity index is 2.00. The van der Waals surface area contributed by atoms with Crippen LogP contribution in [0.15, 0.2) is 36.9 Å². The van der Waals surface area contributed by atoms with E-state index in [9.17, 15) is 9.59 Å². The molecule has 1 fully saturated rings. The molecule has 0 radical (unpaired) electrons. The molecular formula is C19H27N3O3. The number of nitrogens with zero attached hydrogens (tertiary/aromatic N) is 1. The van der Waals surface area contributed by atoms with Gasteiger partial charge in [-0.2, -0.15) is 0 Å². The molecule has 0 unspecified atom stereocenters. The van der Waals surface area contributed by atoms with E-state index in [1.54, 1.807) is 6.08 Å². The van der Waals surface area contributed by atoms with E-state index in [0.29, 0.717) is 18.7 Å². The van der Waals surface area contributed by atoms with E-state index >= 15 is 0 Å². The molecule has 0 spiro atoms. The maximum Gasteiger partial charge on any atom is 0.315 e. The number of amides is 3. The number of nitrogens with one attached hydrogen (secondary N) is 2. The zero-order chi connectivity index (χ0) is 18.1. The van der Waals surface area contributed by atoms with E-state index in [1.165, 1.54) is 0 Å². The van der Waals surface area contributed by atoms with Gasteiger partial charge in [0.2, 0.25) is 0 Å². The third kappa shape index (κ3) is 5.52. The lowest BCUT2D eigenvalue weighted by molar-refractivity contribution is -0.132. The van der Waals surface area contributed by atoms with Crippen LogP contribution in [0.4, 0.5) is 4.79 Å². The van der Waals surface area contributed by atoms with E-state index < -0.39 is 0 Å². The molecule has 1 aromatic carbocycles. The monoisotopic (exact) mass is 345 g/mol. The Hall–Kier alpha value is -2.50. The number of likely N-dealkylation sites (tertiary alicyclic amines) is 1. The molecule has 1 aliphatic heterocycles. The minimum absolute atomic E-state index is 0.0111. The average molecular weight is 345 g/mol. The van der Waals surface area contributed by atoms with Gasteiger partial charge in [0.15, 0.2) is 6.61 Å². The van der Waals surface area contributed by atoms with Gasteiger partial charge in [0.05, 0.1) is 6.04 Å². The van der Waals surface area contributed by atoms with Crippen LogP contribution in [0, 0.1) is 0 Å². The Morgan fingerprint density at radius 2 is 2.04 bits per heavy atom. The van der Waals surface area contributed by atoms with Crippen molar-refractivity contribution in [2.75, 3.05) is 26.2 Å². The van der Waals surface area contributed by atoms with Gasteiger partial charge < -0.3 is 20.3 Å². The maximum atomic E-state index is 12.2. The Morgan fingerprint density at radius 3 is 2.72 bits per heavy atom. The Morgan fingerprint density at radius 1 is 1.32 bits per heavy atom. The number of rotatable bonds is 8. The molecule has 2 rings (SSSR count). The SMILES string of the molecule is C=CCNC(=O)N[C@@H](CC)c1ccccc1OCC(=O)N1CCCC1. The molecular weight excluding hydrogens is 318 g/mol. The lowest BCUT2D eigenvalue weighted by Crippen LogP contribution is -2.38. The van der Waals surface area contributed by atoms with Crippen molar-refractivity contribution in [2.24, 2.45) is 0 Å². The molecule has 1 atom stereocenters. The number of ether oxygens (including phenoxy) is 1. The van der Waals surface area contributed by atoms with Gasteiger partial charge in [0, 0.05) is 25.2 Å². The first-order valence-electron chi connectivity index (χ1n) is 8.80. The maximum absolute atomic E-state index is 12.2. The van der Waals surface area contributed by atoms with Gasteiger partial charge in [-0.3, -0.25) is 4.79 Å². The molecule has 0 aromatic heterocycles. The van der Waals surface area contributed by atoms with Crippen molar-refractivity contribution in [2.45, 2.75) is 32.2 Å². The molecule has 1 saturated heterocycles. The number of para-hydroxylation sites is 1. The second-order valence-corrected chi connectivity index (χ2v) is 6.02. The lowest BCUT2D eigenvalue weighted by atomic mass is 10.0. The van der Waals surface area contributed by atoms with Crippen molar-refractivity contribution >= 4 is 11.9 Å². The Labute approximate surface area is 149 Å². The highest BCUT2D eigenvalue weighted by atomic mass is 16.5.